The molecule has 1 atom stereocenters. The lowest BCUT2D eigenvalue weighted by molar-refractivity contribution is -0.141. The molecule has 2 aromatic carbocycles. The van der Waals surface area contributed by atoms with Gasteiger partial charge >= 0.3 is 0 Å². The van der Waals surface area contributed by atoms with Gasteiger partial charge in [-0.3, -0.25) is 13.9 Å². The lowest BCUT2D eigenvalue weighted by Gasteiger charge is -2.31. The van der Waals surface area contributed by atoms with Gasteiger partial charge in [0, 0.05) is 26.1 Å². The van der Waals surface area contributed by atoms with E-state index in [4.69, 9.17) is 0 Å². The van der Waals surface area contributed by atoms with E-state index in [2.05, 4.69) is 5.32 Å². The number of nitrogens with zero attached hydrogens (tertiary/aromatic N) is 2. The maximum atomic E-state index is 13.4. The van der Waals surface area contributed by atoms with E-state index in [0.717, 1.165) is 23.1 Å². The van der Waals surface area contributed by atoms with Crippen LogP contribution in [0.2, 0.25) is 0 Å². The molecule has 7 nitrogen and oxygen atoms in total. The Morgan fingerprint density at radius 3 is 2.23 bits per heavy atom. The number of aryl methyl sites for hydroxylation is 2. The Labute approximate surface area is 210 Å². The van der Waals surface area contributed by atoms with Gasteiger partial charge in [0.2, 0.25) is 21.8 Å². The molecule has 0 spiro atoms. The normalized spacial score (nSPS) is 12.1. The molecular formula is C27H39N3O4S. The van der Waals surface area contributed by atoms with Gasteiger partial charge in [0.25, 0.3) is 0 Å². The highest BCUT2D eigenvalue weighted by atomic mass is 32.2. The number of carbonyl (C=O) groups excluding carboxylic acids is 2. The van der Waals surface area contributed by atoms with E-state index in [0.29, 0.717) is 31.6 Å². The number of sulfonamides is 1. The van der Waals surface area contributed by atoms with Crippen molar-refractivity contribution in [3.8, 4) is 0 Å². The molecule has 0 aliphatic carbocycles. The van der Waals surface area contributed by atoms with Gasteiger partial charge in [0.15, 0.2) is 0 Å². The molecule has 0 aromatic heterocycles. The summed E-state index contributed by atoms with van der Waals surface area (Å²) in [5.74, 6) is -0.324. The number of amides is 2. The van der Waals surface area contributed by atoms with E-state index in [1.54, 1.807) is 11.0 Å². The molecule has 0 unspecified atom stereocenters. The zero-order valence-electron chi connectivity index (χ0n) is 21.6. The summed E-state index contributed by atoms with van der Waals surface area (Å²) in [4.78, 5) is 27.9. The van der Waals surface area contributed by atoms with E-state index in [1.807, 2.05) is 70.2 Å². The van der Waals surface area contributed by atoms with Gasteiger partial charge in [-0.2, -0.15) is 0 Å². The quantitative estimate of drug-likeness (QED) is 0.446. The van der Waals surface area contributed by atoms with Gasteiger partial charge in [0.1, 0.15) is 6.04 Å². The number of hydrogen-bond donors (Lipinski definition) is 1. The maximum Gasteiger partial charge on any atom is 0.242 e. The zero-order chi connectivity index (χ0) is 26.0. The smallest absolute Gasteiger partial charge is 0.242 e. The fourth-order valence-electron chi connectivity index (χ4n) is 4.08. The van der Waals surface area contributed by atoms with Gasteiger partial charge in [-0.05, 0) is 56.4 Å². The molecule has 0 aliphatic rings. The van der Waals surface area contributed by atoms with Gasteiger partial charge in [-0.25, -0.2) is 8.42 Å². The molecule has 35 heavy (non-hydrogen) atoms. The molecule has 2 amide bonds. The first-order chi connectivity index (χ1) is 16.6. The second-order valence-corrected chi connectivity index (χ2v) is 10.9. The van der Waals surface area contributed by atoms with Crippen LogP contribution in [0.1, 0.15) is 56.2 Å². The van der Waals surface area contributed by atoms with E-state index in [1.165, 1.54) is 10.6 Å². The average molecular weight is 502 g/mol. The Morgan fingerprint density at radius 2 is 1.66 bits per heavy atom. The molecule has 2 aromatic rings. The summed E-state index contributed by atoms with van der Waals surface area (Å²) in [6.07, 6.45) is 2.96. The standard InChI is InChI=1S/C27H39N3O4S/c1-6-16-28-27(32)25(7-2)29(20-23-13-8-11-21(3)18-23)26(31)15-10-17-30(35(5,33)34)24-14-9-12-22(4)19-24/h8-9,11-14,18-19,25H,6-7,10,15-17,20H2,1-5H3,(H,28,32)/t25-/m0/s1. The number of benzene rings is 2. The van der Waals surface area contributed by atoms with Gasteiger partial charge in [-0.15, -0.1) is 0 Å². The van der Waals surface area contributed by atoms with Crippen LogP contribution in [0.25, 0.3) is 0 Å². The Hall–Kier alpha value is -2.87. The number of rotatable bonds is 13. The van der Waals surface area contributed by atoms with Crippen LogP contribution in [0.15, 0.2) is 48.5 Å². The van der Waals surface area contributed by atoms with Crippen molar-refractivity contribution in [3.05, 3.63) is 65.2 Å². The van der Waals surface area contributed by atoms with Crippen molar-refractivity contribution in [2.24, 2.45) is 0 Å². The molecular weight excluding hydrogens is 462 g/mol. The summed E-state index contributed by atoms with van der Waals surface area (Å²) in [5.41, 5.74) is 3.58. The molecule has 0 bridgehead atoms. The molecule has 0 saturated carbocycles. The van der Waals surface area contributed by atoms with Crippen LogP contribution in [-0.4, -0.2) is 50.5 Å². The molecule has 0 heterocycles. The summed E-state index contributed by atoms with van der Waals surface area (Å²) in [6, 6.07) is 14.6. The summed E-state index contributed by atoms with van der Waals surface area (Å²) in [7, 11) is -3.51. The summed E-state index contributed by atoms with van der Waals surface area (Å²) < 4.78 is 26.2. The van der Waals surface area contributed by atoms with E-state index < -0.39 is 16.1 Å². The lowest BCUT2D eigenvalue weighted by atomic mass is 10.1. The third-order valence-corrected chi connectivity index (χ3v) is 7.01. The molecule has 8 heteroatoms. The van der Waals surface area contributed by atoms with Crippen LogP contribution in [-0.2, 0) is 26.2 Å². The van der Waals surface area contributed by atoms with Crippen LogP contribution in [0, 0.1) is 13.8 Å². The maximum absolute atomic E-state index is 13.4. The van der Waals surface area contributed by atoms with Gasteiger partial charge in [0.05, 0.1) is 11.9 Å². The van der Waals surface area contributed by atoms with Crippen LogP contribution >= 0.6 is 0 Å². The van der Waals surface area contributed by atoms with Gasteiger partial charge in [-0.1, -0.05) is 55.8 Å². The summed E-state index contributed by atoms with van der Waals surface area (Å²) in [6.45, 7) is 8.85. The highest BCUT2D eigenvalue weighted by Crippen LogP contribution is 2.21. The number of anilines is 1. The molecule has 192 valence electrons. The highest BCUT2D eigenvalue weighted by molar-refractivity contribution is 7.92. The average Bonchev–Trinajstić information content (AvgIpc) is 2.79. The largest absolute Gasteiger partial charge is 0.354 e. The summed E-state index contributed by atoms with van der Waals surface area (Å²) >= 11 is 0. The molecule has 0 fully saturated rings. The first-order valence-electron chi connectivity index (χ1n) is 12.2. The van der Waals surface area contributed by atoms with Crippen molar-refractivity contribution < 1.29 is 18.0 Å². The molecule has 0 radical (unpaired) electrons. The first-order valence-corrected chi connectivity index (χ1v) is 14.1. The summed E-state index contributed by atoms with van der Waals surface area (Å²) in [5, 5.41) is 2.92. The monoisotopic (exact) mass is 501 g/mol. The SMILES string of the molecule is CCCNC(=O)[C@H](CC)N(Cc1cccc(C)c1)C(=O)CCCN(c1cccc(C)c1)S(C)(=O)=O. The van der Waals surface area contributed by atoms with Crippen molar-refractivity contribution in [1.29, 1.82) is 0 Å². The Morgan fingerprint density at radius 1 is 1.00 bits per heavy atom. The third-order valence-electron chi connectivity index (χ3n) is 5.81. The number of hydrogen-bond acceptors (Lipinski definition) is 4. The molecule has 1 N–H and O–H groups in total. The second-order valence-electron chi connectivity index (χ2n) is 9.00. The van der Waals surface area contributed by atoms with Crippen LogP contribution in [0.4, 0.5) is 5.69 Å². The zero-order valence-corrected chi connectivity index (χ0v) is 22.4. The van der Waals surface area contributed by atoms with Crippen molar-refractivity contribution >= 4 is 27.5 Å². The fourth-order valence-corrected chi connectivity index (χ4v) is 5.04. The lowest BCUT2D eigenvalue weighted by Crippen LogP contribution is -2.49. The predicted octanol–water partition coefficient (Wildman–Crippen LogP) is 4.18. The van der Waals surface area contributed by atoms with Crippen LogP contribution in [0.3, 0.4) is 0 Å². The third kappa shape index (κ3) is 8.69. The van der Waals surface area contributed by atoms with Crippen molar-refractivity contribution in [2.45, 2.75) is 66.0 Å². The Kier molecular flexibility index (Phi) is 10.8. The van der Waals surface area contributed by atoms with Crippen LogP contribution < -0.4 is 9.62 Å². The predicted molar refractivity (Wildman–Crippen MR) is 142 cm³/mol. The highest BCUT2D eigenvalue weighted by Gasteiger charge is 2.28. The van der Waals surface area contributed by atoms with Crippen molar-refractivity contribution in [3.63, 3.8) is 0 Å². The Balaban J connectivity index is 2.20. The van der Waals surface area contributed by atoms with E-state index in [9.17, 15) is 18.0 Å². The molecule has 2 rings (SSSR count). The fraction of sp³-hybridized carbons (Fsp3) is 0.481. The molecule has 0 aliphatic heterocycles. The van der Waals surface area contributed by atoms with Crippen LogP contribution in [0.5, 0.6) is 0 Å². The van der Waals surface area contributed by atoms with E-state index >= 15 is 0 Å². The van der Waals surface area contributed by atoms with Crippen molar-refractivity contribution in [2.75, 3.05) is 23.7 Å². The second kappa shape index (κ2) is 13.3. The Bertz CT molecular complexity index is 1100. The minimum absolute atomic E-state index is 0.140. The van der Waals surface area contributed by atoms with E-state index in [-0.39, 0.29) is 24.8 Å². The van der Waals surface area contributed by atoms with Crippen molar-refractivity contribution in [1.82, 2.24) is 10.2 Å². The topological polar surface area (TPSA) is 86.8 Å². The minimum atomic E-state index is -3.51. The number of nitrogens with one attached hydrogen (secondary N) is 1. The molecule has 0 saturated heterocycles. The van der Waals surface area contributed by atoms with Gasteiger partial charge < -0.3 is 10.2 Å². The first kappa shape index (κ1) is 28.4. The minimum Gasteiger partial charge on any atom is -0.354 e. The number of carbonyl (C=O) groups is 2.